The number of allylic oxidation sites excluding steroid dienone is 1. The lowest BCUT2D eigenvalue weighted by Gasteiger charge is -2.17. The van der Waals surface area contributed by atoms with E-state index in [-0.39, 0.29) is 12.4 Å². The predicted octanol–water partition coefficient (Wildman–Crippen LogP) is 2.14. The van der Waals surface area contributed by atoms with Gasteiger partial charge >= 0.3 is 0 Å². The fourth-order valence-electron chi connectivity index (χ4n) is 1.97. The number of hydrazone groups is 1. The largest absolute Gasteiger partial charge is 0.388 e. The topological polar surface area (TPSA) is 40.0 Å². The third-order valence-electron chi connectivity index (χ3n) is 2.94. The van der Waals surface area contributed by atoms with Gasteiger partial charge in [0.05, 0.1) is 18.8 Å². The molecule has 0 aromatic heterocycles. The van der Waals surface area contributed by atoms with Crippen molar-refractivity contribution < 1.29 is 0 Å². The molecule has 94 valence electrons. The number of hydrogen-bond donors (Lipinski definition) is 1. The molecular weight excluding hydrogens is 248 g/mol. The van der Waals surface area contributed by atoms with E-state index in [0.717, 1.165) is 35.9 Å². The minimum Gasteiger partial charge on any atom is -0.388 e. The average Bonchev–Trinajstić information content (AvgIpc) is 2.86. The summed E-state index contributed by atoms with van der Waals surface area (Å²) in [7, 11) is 1.92. The van der Waals surface area contributed by atoms with Gasteiger partial charge in [-0.2, -0.15) is 5.10 Å². The third kappa shape index (κ3) is 2.24. The van der Waals surface area contributed by atoms with Gasteiger partial charge in [0, 0.05) is 18.3 Å². The molecule has 0 fully saturated rings. The van der Waals surface area contributed by atoms with Crippen LogP contribution in [0.4, 0.5) is 5.69 Å². The standard InChI is InChI=1S/C13H14N4.ClH/c1-14-11-4-2-10(3-5-11)12-6-7-13-15-8-9-17(13)16-12;/h2-7,14H,8-9H2,1H3;1H. The molecule has 4 nitrogen and oxygen atoms in total. The summed E-state index contributed by atoms with van der Waals surface area (Å²) in [6.45, 7) is 1.73. The van der Waals surface area contributed by atoms with E-state index in [9.17, 15) is 0 Å². The minimum absolute atomic E-state index is 0. The number of hydrogen-bond acceptors (Lipinski definition) is 4. The van der Waals surface area contributed by atoms with Gasteiger partial charge in [-0.3, -0.25) is 4.99 Å². The van der Waals surface area contributed by atoms with E-state index in [1.807, 2.05) is 24.2 Å². The van der Waals surface area contributed by atoms with Crippen molar-refractivity contribution in [2.24, 2.45) is 10.1 Å². The molecule has 0 aliphatic carbocycles. The molecule has 2 aliphatic heterocycles. The molecule has 1 aromatic carbocycles. The van der Waals surface area contributed by atoms with E-state index >= 15 is 0 Å². The minimum atomic E-state index is 0. The van der Waals surface area contributed by atoms with Crippen LogP contribution in [0.15, 0.2) is 46.5 Å². The number of fused-ring (bicyclic) bond motifs is 1. The lowest BCUT2D eigenvalue weighted by atomic mass is 10.1. The Morgan fingerprint density at radius 1 is 1.17 bits per heavy atom. The molecule has 0 unspecified atom stereocenters. The molecule has 0 radical (unpaired) electrons. The molecule has 18 heavy (non-hydrogen) atoms. The van der Waals surface area contributed by atoms with E-state index in [1.54, 1.807) is 0 Å². The van der Waals surface area contributed by atoms with Gasteiger partial charge in [0.2, 0.25) is 0 Å². The Kier molecular flexibility index (Phi) is 3.67. The summed E-state index contributed by atoms with van der Waals surface area (Å²) in [4.78, 5) is 4.35. The predicted molar refractivity (Wildman–Crippen MR) is 77.9 cm³/mol. The highest BCUT2D eigenvalue weighted by Crippen LogP contribution is 2.15. The first kappa shape index (κ1) is 12.6. The monoisotopic (exact) mass is 262 g/mol. The van der Waals surface area contributed by atoms with Crippen LogP contribution in [0, 0.1) is 0 Å². The number of benzene rings is 1. The van der Waals surface area contributed by atoms with Crippen LogP contribution < -0.4 is 5.32 Å². The maximum absolute atomic E-state index is 4.58. The Morgan fingerprint density at radius 3 is 2.67 bits per heavy atom. The van der Waals surface area contributed by atoms with Crippen LogP contribution in [0.25, 0.3) is 0 Å². The van der Waals surface area contributed by atoms with E-state index in [1.165, 1.54) is 0 Å². The van der Waals surface area contributed by atoms with E-state index in [4.69, 9.17) is 0 Å². The summed E-state index contributed by atoms with van der Waals surface area (Å²) in [5.41, 5.74) is 3.23. The first-order valence-corrected chi connectivity index (χ1v) is 5.74. The van der Waals surface area contributed by atoms with Crippen molar-refractivity contribution in [1.29, 1.82) is 0 Å². The van der Waals surface area contributed by atoms with Crippen LogP contribution in [0.2, 0.25) is 0 Å². The van der Waals surface area contributed by atoms with Crippen LogP contribution in [-0.4, -0.2) is 36.7 Å². The van der Waals surface area contributed by atoms with Crippen LogP contribution in [-0.2, 0) is 0 Å². The van der Waals surface area contributed by atoms with E-state index in [2.05, 4.69) is 39.7 Å². The number of anilines is 1. The highest BCUT2D eigenvalue weighted by Gasteiger charge is 2.18. The van der Waals surface area contributed by atoms with Crippen LogP contribution in [0.3, 0.4) is 0 Å². The zero-order valence-electron chi connectivity index (χ0n) is 10.1. The van der Waals surface area contributed by atoms with Gasteiger partial charge in [0.25, 0.3) is 0 Å². The van der Waals surface area contributed by atoms with Crippen LogP contribution >= 0.6 is 12.4 Å². The lowest BCUT2D eigenvalue weighted by Crippen LogP contribution is -2.25. The van der Waals surface area contributed by atoms with Gasteiger partial charge in [0.15, 0.2) is 0 Å². The Morgan fingerprint density at radius 2 is 1.94 bits per heavy atom. The van der Waals surface area contributed by atoms with Gasteiger partial charge < -0.3 is 5.32 Å². The molecule has 2 aliphatic rings. The molecule has 5 heteroatoms. The number of halogens is 1. The fourth-order valence-corrected chi connectivity index (χ4v) is 1.97. The quantitative estimate of drug-likeness (QED) is 0.887. The molecule has 0 amide bonds. The second kappa shape index (κ2) is 5.23. The molecular formula is C13H15ClN4. The molecule has 2 heterocycles. The van der Waals surface area contributed by atoms with Crippen LogP contribution in [0.1, 0.15) is 5.56 Å². The summed E-state index contributed by atoms with van der Waals surface area (Å²) in [5, 5.41) is 9.65. The zero-order chi connectivity index (χ0) is 11.7. The van der Waals surface area contributed by atoms with Crippen molar-refractivity contribution in [2.75, 3.05) is 25.5 Å². The summed E-state index contributed by atoms with van der Waals surface area (Å²) in [6.07, 6.45) is 4.05. The van der Waals surface area contributed by atoms with Crippen molar-refractivity contribution >= 4 is 29.6 Å². The Labute approximate surface area is 113 Å². The highest BCUT2D eigenvalue weighted by molar-refractivity contribution is 6.14. The zero-order valence-corrected chi connectivity index (χ0v) is 10.9. The van der Waals surface area contributed by atoms with Crippen molar-refractivity contribution in [3.8, 4) is 0 Å². The molecule has 1 aromatic rings. The van der Waals surface area contributed by atoms with Gasteiger partial charge in [-0.1, -0.05) is 12.1 Å². The second-order valence-electron chi connectivity index (χ2n) is 4.01. The van der Waals surface area contributed by atoms with Crippen molar-refractivity contribution in [2.45, 2.75) is 0 Å². The van der Waals surface area contributed by atoms with Crippen molar-refractivity contribution in [3.05, 3.63) is 42.0 Å². The van der Waals surface area contributed by atoms with E-state index in [0.29, 0.717) is 0 Å². The molecule has 0 saturated carbocycles. The molecule has 0 saturated heterocycles. The Hall–Kier alpha value is -1.81. The van der Waals surface area contributed by atoms with Crippen molar-refractivity contribution in [3.63, 3.8) is 0 Å². The molecule has 1 N–H and O–H groups in total. The maximum Gasteiger partial charge on any atom is 0.144 e. The summed E-state index contributed by atoms with van der Waals surface area (Å²) in [6, 6.07) is 8.26. The number of aliphatic imine (C=N–C) groups is 1. The van der Waals surface area contributed by atoms with Gasteiger partial charge in [-0.05, 0) is 24.3 Å². The van der Waals surface area contributed by atoms with Crippen LogP contribution in [0.5, 0.6) is 0 Å². The molecule has 0 bridgehead atoms. The molecule has 3 rings (SSSR count). The maximum atomic E-state index is 4.58. The molecule has 0 spiro atoms. The fraction of sp³-hybridized carbons (Fsp3) is 0.231. The summed E-state index contributed by atoms with van der Waals surface area (Å²) >= 11 is 0. The third-order valence-corrected chi connectivity index (χ3v) is 2.94. The van der Waals surface area contributed by atoms with Crippen molar-refractivity contribution in [1.82, 2.24) is 5.01 Å². The van der Waals surface area contributed by atoms with Gasteiger partial charge in [-0.15, -0.1) is 12.4 Å². The molecule has 0 atom stereocenters. The summed E-state index contributed by atoms with van der Waals surface area (Å²) < 4.78 is 0. The highest BCUT2D eigenvalue weighted by atomic mass is 35.5. The number of nitrogens with zero attached hydrogens (tertiary/aromatic N) is 3. The Balaban J connectivity index is 0.00000120. The number of nitrogens with one attached hydrogen (secondary N) is 1. The van der Waals surface area contributed by atoms with Gasteiger partial charge in [0.1, 0.15) is 5.84 Å². The van der Waals surface area contributed by atoms with Gasteiger partial charge in [-0.25, -0.2) is 5.01 Å². The summed E-state index contributed by atoms with van der Waals surface area (Å²) in [5.74, 6) is 0.973. The number of rotatable bonds is 2. The first-order chi connectivity index (χ1) is 8.36. The lowest BCUT2D eigenvalue weighted by molar-refractivity contribution is 0.490. The van der Waals surface area contributed by atoms with E-state index < -0.39 is 0 Å². The first-order valence-electron chi connectivity index (χ1n) is 5.74. The normalized spacial score (nSPS) is 16.6. The second-order valence-corrected chi connectivity index (χ2v) is 4.01. The smallest absolute Gasteiger partial charge is 0.144 e. The average molecular weight is 263 g/mol. The SMILES string of the molecule is CNc1ccc(C2=NN3CCN=C3C=C2)cc1.Cl. The Bertz CT molecular complexity index is 516. The number of amidine groups is 1.